The Labute approximate surface area is 124 Å². The molecule has 3 heteroatoms. The molecular weight excluding hydrogens is 284 g/mol. The quantitative estimate of drug-likeness (QED) is 0.343. The molecule has 5 aromatic rings. The van der Waals surface area contributed by atoms with Crippen molar-refractivity contribution in [2.45, 2.75) is 0 Å². The third-order valence-corrected chi connectivity index (χ3v) is 4.18. The first-order chi connectivity index (χ1) is 10.3. The Bertz CT molecular complexity index is 1150. The zero-order chi connectivity index (χ0) is 14.0. The lowest BCUT2D eigenvalue weighted by Crippen LogP contribution is -1.69. The molecule has 100 valence electrons. The fourth-order valence-electron chi connectivity index (χ4n) is 3.02. The minimum atomic E-state index is 0.676. The van der Waals surface area contributed by atoms with E-state index in [-0.39, 0.29) is 0 Å². The van der Waals surface area contributed by atoms with Gasteiger partial charge >= 0.3 is 0 Å². The van der Waals surface area contributed by atoms with Crippen LogP contribution in [0, 0.1) is 0 Å². The molecule has 0 spiro atoms. The minimum absolute atomic E-state index is 0.676. The van der Waals surface area contributed by atoms with Gasteiger partial charge in [0.15, 0.2) is 0 Å². The molecule has 0 amide bonds. The third kappa shape index (κ3) is 1.43. The van der Waals surface area contributed by atoms with Gasteiger partial charge in [-0.05, 0) is 30.3 Å². The van der Waals surface area contributed by atoms with Crippen molar-refractivity contribution in [3.8, 4) is 0 Å². The highest BCUT2D eigenvalue weighted by atomic mass is 35.5. The maximum atomic E-state index is 6.07. The van der Waals surface area contributed by atoms with E-state index in [0.717, 1.165) is 43.9 Å². The highest BCUT2D eigenvalue weighted by molar-refractivity contribution is 6.31. The summed E-state index contributed by atoms with van der Waals surface area (Å²) < 4.78 is 12.0. The molecular formula is C18H9ClO2. The minimum Gasteiger partial charge on any atom is -0.456 e. The second kappa shape index (κ2) is 3.80. The molecule has 0 saturated heterocycles. The number of para-hydroxylation sites is 1. The van der Waals surface area contributed by atoms with Crippen LogP contribution in [0.1, 0.15) is 0 Å². The largest absolute Gasteiger partial charge is 0.456 e. The highest BCUT2D eigenvalue weighted by Gasteiger charge is 2.15. The van der Waals surface area contributed by atoms with E-state index in [4.69, 9.17) is 20.4 Å². The smallest absolute Gasteiger partial charge is 0.147 e. The van der Waals surface area contributed by atoms with Gasteiger partial charge in [0, 0.05) is 27.2 Å². The summed E-state index contributed by atoms with van der Waals surface area (Å²) in [5.41, 5.74) is 3.37. The molecule has 0 aliphatic carbocycles. The molecule has 2 nitrogen and oxygen atoms in total. The van der Waals surface area contributed by atoms with Crippen molar-refractivity contribution in [1.29, 1.82) is 0 Å². The summed E-state index contributed by atoms with van der Waals surface area (Å²) in [6.45, 7) is 0. The van der Waals surface area contributed by atoms with Crippen LogP contribution in [0.15, 0.2) is 63.4 Å². The van der Waals surface area contributed by atoms with Gasteiger partial charge in [-0.15, -0.1) is 0 Å². The summed E-state index contributed by atoms with van der Waals surface area (Å²) in [5.74, 6) is 0. The van der Waals surface area contributed by atoms with Crippen LogP contribution in [0.3, 0.4) is 0 Å². The van der Waals surface area contributed by atoms with Gasteiger partial charge in [-0.1, -0.05) is 29.8 Å². The van der Waals surface area contributed by atoms with Gasteiger partial charge in [-0.2, -0.15) is 0 Å². The molecule has 0 atom stereocenters. The van der Waals surface area contributed by atoms with E-state index < -0.39 is 0 Å². The monoisotopic (exact) mass is 292 g/mol. The lowest BCUT2D eigenvalue weighted by molar-refractivity contribution is 0.663. The van der Waals surface area contributed by atoms with Crippen LogP contribution in [0.5, 0.6) is 0 Å². The van der Waals surface area contributed by atoms with Crippen LogP contribution in [0.4, 0.5) is 0 Å². The summed E-state index contributed by atoms with van der Waals surface area (Å²) in [5, 5.41) is 4.93. The molecule has 0 bridgehead atoms. The van der Waals surface area contributed by atoms with E-state index in [1.54, 1.807) is 0 Å². The van der Waals surface area contributed by atoms with Crippen LogP contribution in [-0.2, 0) is 0 Å². The molecule has 0 N–H and O–H groups in total. The van der Waals surface area contributed by atoms with Crippen LogP contribution >= 0.6 is 11.6 Å². The number of benzene rings is 3. The van der Waals surface area contributed by atoms with Crippen molar-refractivity contribution in [2.24, 2.45) is 0 Å². The predicted molar refractivity (Wildman–Crippen MR) is 86.0 cm³/mol. The molecule has 2 heterocycles. The number of fused-ring (bicyclic) bond motifs is 7. The zero-order valence-corrected chi connectivity index (χ0v) is 11.6. The summed E-state index contributed by atoms with van der Waals surface area (Å²) >= 11 is 6.06. The highest BCUT2D eigenvalue weighted by Crippen LogP contribution is 2.39. The summed E-state index contributed by atoms with van der Waals surface area (Å²) in [4.78, 5) is 0. The average Bonchev–Trinajstić information content (AvgIpc) is 3.03. The molecule has 0 fully saturated rings. The Hall–Kier alpha value is -2.45. The summed E-state index contributed by atoms with van der Waals surface area (Å²) in [7, 11) is 0. The van der Waals surface area contributed by atoms with Gasteiger partial charge in [0.1, 0.15) is 22.3 Å². The number of rotatable bonds is 0. The molecule has 21 heavy (non-hydrogen) atoms. The molecule has 0 unspecified atom stereocenters. The van der Waals surface area contributed by atoms with E-state index >= 15 is 0 Å². The summed E-state index contributed by atoms with van der Waals surface area (Å²) in [6, 6.07) is 17.8. The van der Waals surface area contributed by atoms with Gasteiger partial charge in [0.25, 0.3) is 0 Å². The molecule has 0 radical (unpaired) electrons. The Morgan fingerprint density at radius 1 is 0.667 bits per heavy atom. The number of hydrogen-bond donors (Lipinski definition) is 0. The molecule has 3 aromatic carbocycles. The number of furan rings is 2. The van der Waals surface area contributed by atoms with Crippen molar-refractivity contribution in [3.05, 3.63) is 59.6 Å². The van der Waals surface area contributed by atoms with Crippen molar-refractivity contribution in [1.82, 2.24) is 0 Å². The standard InChI is InChI=1S/C18H9ClO2/c19-10-5-6-11-12-7-8-15-17(18(12)21-16(11)9-10)13-3-1-2-4-14(13)20-15/h1-9H. The van der Waals surface area contributed by atoms with Gasteiger partial charge < -0.3 is 8.83 Å². The van der Waals surface area contributed by atoms with Crippen molar-refractivity contribution >= 4 is 55.5 Å². The van der Waals surface area contributed by atoms with E-state index in [1.165, 1.54) is 0 Å². The second-order valence-corrected chi connectivity index (χ2v) is 5.59. The van der Waals surface area contributed by atoms with Gasteiger partial charge in [-0.3, -0.25) is 0 Å². The van der Waals surface area contributed by atoms with Crippen molar-refractivity contribution in [2.75, 3.05) is 0 Å². The molecule has 2 aromatic heterocycles. The maximum absolute atomic E-state index is 6.07. The van der Waals surface area contributed by atoms with E-state index in [9.17, 15) is 0 Å². The lowest BCUT2D eigenvalue weighted by Gasteiger charge is -1.91. The van der Waals surface area contributed by atoms with Gasteiger partial charge in [0.05, 0.1) is 5.39 Å². The zero-order valence-electron chi connectivity index (χ0n) is 10.9. The van der Waals surface area contributed by atoms with Crippen LogP contribution in [0.25, 0.3) is 43.9 Å². The fraction of sp³-hybridized carbons (Fsp3) is 0. The molecule has 0 aliphatic heterocycles. The van der Waals surface area contributed by atoms with Gasteiger partial charge in [-0.25, -0.2) is 0 Å². The fourth-order valence-corrected chi connectivity index (χ4v) is 3.18. The number of halogens is 1. The van der Waals surface area contributed by atoms with E-state index in [0.29, 0.717) is 5.02 Å². The van der Waals surface area contributed by atoms with E-state index in [2.05, 4.69) is 6.07 Å². The Balaban J connectivity index is 2.10. The Morgan fingerprint density at radius 3 is 2.48 bits per heavy atom. The third-order valence-electron chi connectivity index (χ3n) is 3.94. The maximum Gasteiger partial charge on any atom is 0.147 e. The van der Waals surface area contributed by atoms with Gasteiger partial charge in [0.2, 0.25) is 0 Å². The Morgan fingerprint density at radius 2 is 1.52 bits per heavy atom. The first-order valence-electron chi connectivity index (χ1n) is 6.73. The number of hydrogen-bond acceptors (Lipinski definition) is 2. The van der Waals surface area contributed by atoms with E-state index in [1.807, 2.05) is 48.5 Å². The average molecular weight is 293 g/mol. The summed E-state index contributed by atoms with van der Waals surface area (Å²) in [6.07, 6.45) is 0. The van der Waals surface area contributed by atoms with Crippen molar-refractivity contribution < 1.29 is 8.83 Å². The molecule has 0 aliphatic rings. The Kier molecular flexibility index (Phi) is 2.04. The molecule has 0 saturated carbocycles. The van der Waals surface area contributed by atoms with Crippen molar-refractivity contribution in [3.63, 3.8) is 0 Å². The van der Waals surface area contributed by atoms with Crippen LogP contribution in [-0.4, -0.2) is 0 Å². The van der Waals surface area contributed by atoms with Crippen LogP contribution < -0.4 is 0 Å². The first-order valence-corrected chi connectivity index (χ1v) is 7.11. The normalized spacial score (nSPS) is 12.0. The first kappa shape index (κ1) is 11.2. The van der Waals surface area contributed by atoms with Crippen LogP contribution in [0.2, 0.25) is 5.02 Å². The molecule has 5 rings (SSSR count). The predicted octanol–water partition coefficient (Wildman–Crippen LogP) is 6.14. The lowest BCUT2D eigenvalue weighted by atomic mass is 10.1. The second-order valence-electron chi connectivity index (χ2n) is 5.16. The SMILES string of the molecule is Clc1ccc2c(c1)oc1c2ccc2oc3ccccc3c21. The topological polar surface area (TPSA) is 26.3 Å².